The number of methoxy groups -OCH3 is 1. The first-order chi connectivity index (χ1) is 14.3. The molecule has 3 heterocycles. The molecule has 0 N–H and O–H groups in total. The zero-order valence-electron chi connectivity index (χ0n) is 17.2. The van der Waals surface area contributed by atoms with Crippen molar-refractivity contribution in [2.75, 3.05) is 34.3 Å². The molecule has 1 aromatic carbocycles. The molecule has 2 bridgehead atoms. The van der Waals surface area contributed by atoms with Crippen molar-refractivity contribution in [2.24, 2.45) is 5.92 Å². The fourth-order valence-electron chi connectivity index (χ4n) is 4.66. The Morgan fingerprint density at radius 2 is 1.93 bits per heavy atom. The average molecular weight is 413 g/mol. The van der Waals surface area contributed by atoms with Crippen molar-refractivity contribution in [1.29, 1.82) is 0 Å². The van der Waals surface area contributed by atoms with Gasteiger partial charge < -0.3 is 14.5 Å². The topological polar surface area (TPSA) is 71.8 Å². The zero-order chi connectivity index (χ0) is 21.6. The van der Waals surface area contributed by atoms with E-state index in [4.69, 9.17) is 4.74 Å². The number of amides is 2. The van der Waals surface area contributed by atoms with E-state index in [0.717, 1.165) is 5.69 Å². The molecule has 0 saturated carbocycles. The Hall–Kier alpha value is -3.16. The number of halogens is 1. The number of aromatic nitrogens is 1. The number of benzene rings is 1. The van der Waals surface area contributed by atoms with Crippen LogP contribution in [0, 0.1) is 11.7 Å². The van der Waals surface area contributed by atoms with E-state index >= 15 is 0 Å². The number of carbonyl (C=O) groups excluding carboxylic acids is 2. The van der Waals surface area contributed by atoms with E-state index < -0.39 is 11.9 Å². The van der Waals surface area contributed by atoms with E-state index in [1.54, 1.807) is 29.6 Å². The van der Waals surface area contributed by atoms with Crippen molar-refractivity contribution in [1.82, 2.24) is 14.4 Å². The number of hydrogen-bond donors (Lipinski definition) is 0. The van der Waals surface area contributed by atoms with E-state index in [1.807, 2.05) is 6.07 Å². The second kappa shape index (κ2) is 7.59. The van der Waals surface area contributed by atoms with Crippen molar-refractivity contribution in [3.8, 4) is 5.75 Å². The Morgan fingerprint density at radius 1 is 1.17 bits per heavy atom. The predicted octanol–water partition coefficient (Wildman–Crippen LogP) is 1.88. The zero-order valence-corrected chi connectivity index (χ0v) is 17.2. The lowest BCUT2D eigenvalue weighted by molar-refractivity contribution is -0.135. The van der Waals surface area contributed by atoms with Gasteiger partial charge in [-0.15, -0.1) is 0 Å². The van der Waals surface area contributed by atoms with E-state index in [9.17, 15) is 18.8 Å². The summed E-state index contributed by atoms with van der Waals surface area (Å²) < 4.78 is 20.6. The third-order valence-electron chi connectivity index (χ3n) is 6.03. The number of carbonyl (C=O) groups is 2. The van der Waals surface area contributed by atoms with Crippen LogP contribution in [0.4, 0.5) is 4.39 Å². The number of rotatable bonds is 3. The Bertz CT molecular complexity index is 1060. The molecule has 30 heavy (non-hydrogen) atoms. The molecule has 0 radical (unpaired) electrons. The van der Waals surface area contributed by atoms with Crippen molar-refractivity contribution in [2.45, 2.75) is 18.4 Å². The first kappa shape index (κ1) is 20.1. The van der Waals surface area contributed by atoms with Gasteiger partial charge >= 0.3 is 0 Å². The van der Waals surface area contributed by atoms with E-state index in [-0.39, 0.29) is 40.5 Å². The van der Waals surface area contributed by atoms with Crippen LogP contribution in [0.15, 0.2) is 41.2 Å². The molecule has 8 heteroatoms. The van der Waals surface area contributed by atoms with Gasteiger partial charge in [0, 0.05) is 56.3 Å². The largest absolute Gasteiger partial charge is 0.494 e. The molecule has 0 spiro atoms. The number of ether oxygens (including phenoxy) is 1. The van der Waals surface area contributed by atoms with Gasteiger partial charge in [-0.05, 0) is 30.7 Å². The SMILES string of the molecule is COc1ccc(C(=O)N2C[C@H]3C[C@@H](C2)[C@H](C(=O)N(C)C)n2c3cccc2=O)cc1F. The summed E-state index contributed by atoms with van der Waals surface area (Å²) in [5.74, 6) is -1.24. The van der Waals surface area contributed by atoms with Gasteiger partial charge in [-0.2, -0.15) is 0 Å². The maximum Gasteiger partial charge on any atom is 0.253 e. The molecule has 0 aliphatic carbocycles. The maximum absolute atomic E-state index is 14.1. The summed E-state index contributed by atoms with van der Waals surface area (Å²) in [6, 6.07) is 8.47. The Labute approximate surface area is 173 Å². The summed E-state index contributed by atoms with van der Waals surface area (Å²) in [5.41, 5.74) is 0.783. The summed E-state index contributed by atoms with van der Waals surface area (Å²) in [4.78, 5) is 41.9. The summed E-state index contributed by atoms with van der Waals surface area (Å²) in [6.45, 7) is 0.739. The first-order valence-corrected chi connectivity index (χ1v) is 9.87. The minimum absolute atomic E-state index is 0.0593. The van der Waals surface area contributed by atoms with Crippen LogP contribution >= 0.6 is 0 Å². The molecule has 4 rings (SSSR count). The van der Waals surface area contributed by atoms with Crippen LogP contribution in [0.5, 0.6) is 5.75 Å². The third kappa shape index (κ3) is 3.26. The lowest BCUT2D eigenvalue weighted by atomic mass is 9.78. The summed E-state index contributed by atoms with van der Waals surface area (Å²) >= 11 is 0. The number of likely N-dealkylation sites (N-methyl/N-ethyl adjacent to an activating group) is 1. The lowest BCUT2D eigenvalue weighted by Gasteiger charge is -2.46. The van der Waals surface area contributed by atoms with Crippen LogP contribution in [-0.4, -0.2) is 60.5 Å². The van der Waals surface area contributed by atoms with Gasteiger partial charge in [0.1, 0.15) is 6.04 Å². The van der Waals surface area contributed by atoms with Crippen molar-refractivity contribution >= 4 is 11.8 Å². The monoisotopic (exact) mass is 413 g/mol. The number of likely N-dealkylation sites (tertiary alicyclic amines) is 1. The fraction of sp³-hybridized carbons (Fsp3) is 0.409. The molecule has 0 unspecified atom stereocenters. The highest BCUT2D eigenvalue weighted by atomic mass is 19.1. The molecule has 1 aromatic heterocycles. The summed E-state index contributed by atoms with van der Waals surface area (Å²) in [7, 11) is 4.69. The summed E-state index contributed by atoms with van der Waals surface area (Å²) in [6.07, 6.45) is 0.717. The predicted molar refractivity (Wildman–Crippen MR) is 108 cm³/mol. The first-order valence-electron chi connectivity index (χ1n) is 9.87. The molecular weight excluding hydrogens is 389 g/mol. The van der Waals surface area contributed by atoms with E-state index in [1.165, 1.54) is 36.3 Å². The van der Waals surface area contributed by atoms with Gasteiger partial charge in [0.2, 0.25) is 5.91 Å². The third-order valence-corrected chi connectivity index (χ3v) is 6.03. The minimum Gasteiger partial charge on any atom is -0.494 e. The normalized spacial score (nSPS) is 22.3. The van der Waals surface area contributed by atoms with Crippen molar-refractivity contribution < 1.29 is 18.7 Å². The van der Waals surface area contributed by atoms with Crippen LogP contribution in [-0.2, 0) is 4.79 Å². The highest BCUT2D eigenvalue weighted by molar-refractivity contribution is 5.94. The molecule has 1 fully saturated rings. The molecule has 2 aliphatic heterocycles. The highest BCUT2D eigenvalue weighted by Gasteiger charge is 2.45. The molecule has 2 amide bonds. The molecule has 158 valence electrons. The van der Waals surface area contributed by atoms with Gasteiger partial charge in [-0.3, -0.25) is 19.0 Å². The number of piperidine rings is 1. The Balaban J connectivity index is 1.71. The van der Waals surface area contributed by atoms with Crippen LogP contribution in [0.1, 0.15) is 34.4 Å². The maximum atomic E-state index is 14.1. The Morgan fingerprint density at radius 3 is 2.60 bits per heavy atom. The molecule has 2 aliphatic rings. The average Bonchev–Trinajstić information content (AvgIpc) is 2.73. The van der Waals surface area contributed by atoms with Gasteiger partial charge in [0.25, 0.3) is 11.5 Å². The van der Waals surface area contributed by atoms with E-state index in [0.29, 0.717) is 19.5 Å². The second-order valence-corrected chi connectivity index (χ2v) is 8.09. The van der Waals surface area contributed by atoms with Crippen molar-refractivity contribution in [3.63, 3.8) is 0 Å². The van der Waals surface area contributed by atoms with Crippen LogP contribution in [0.25, 0.3) is 0 Å². The number of pyridine rings is 1. The molecule has 7 nitrogen and oxygen atoms in total. The minimum atomic E-state index is -0.664. The fourth-order valence-corrected chi connectivity index (χ4v) is 4.66. The van der Waals surface area contributed by atoms with Crippen molar-refractivity contribution in [3.05, 3.63) is 63.8 Å². The summed E-state index contributed by atoms with van der Waals surface area (Å²) in [5, 5.41) is 0. The Kier molecular flexibility index (Phi) is 5.09. The number of nitrogens with zero attached hydrogens (tertiary/aromatic N) is 3. The quantitative estimate of drug-likeness (QED) is 0.771. The molecular formula is C22H24FN3O4. The van der Waals surface area contributed by atoms with Crippen LogP contribution < -0.4 is 10.3 Å². The van der Waals surface area contributed by atoms with Gasteiger partial charge in [0.15, 0.2) is 11.6 Å². The lowest BCUT2D eigenvalue weighted by Crippen LogP contribution is -2.54. The highest BCUT2D eigenvalue weighted by Crippen LogP contribution is 2.42. The number of fused-ring (bicyclic) bond motifs is 4. The van der Waals surface area contributed by atoms with E-state index in [2.05, 4.69) is 0 Å². The molecule has 3 atom stereocenters. The van der Waals surface area contributed by atoms with Gasteiger partial charge in [0.05, 0.1) is 7.11 Å². The number of hydrogen-bond acceptors (Lipinski definition) is 4. The smallest absolute Gasteiger partial charge is 0.253 e. The van der Waals surface area contributed by atoms with Gasteiger partial charge in [-0.1, -0.05) is 6.07 Å². The molecule has 2 aromatic rings. The van der Waals surface area contributed by atoms with Gasteiger partial charge in [-0.25, -0.2) is 4.39 Å². The van der Waals surface area contributed by atoms with Crippen LogP contribution in [0.3, 0.4) is 0 Å². The standard InChI is InChI=1S/C22H24FN3O4/c1-24(2)22(29)20-15-9-14(17-5-4-6-19(27)26(17)20)11-25(12-15)21(28)13-7-8-18(30-3)16(23)10-13/h4-8,10,14-15,20H,9,11-12H2,1-3H3/t14-,15+,20-/m1/s1. The van der Waals surface area contributed by atoms with Crippen LogP contribution in [0.2, 0.25) is 0 Å². The second-order valence-electron chi connectivity index (χ2n) is 8.09. The molecule has 1 saturated heterocycles.